The molecule has 2 aliphatic carbocycles. The normalized spacial score (nSPS) is 28.8. The summed E-state index contributed by atoms with van der Waals surface area (Å²) in [6.45, 7) is 4.88. The van der Waals surface area contributed by atoms with Crippen LogP contribution in [0.25, 0.3) is 0 Å². The number of amides is 3. The van der Waals surface area contributed by atoms with Crippen molar-refractivity contribution in [2.45, 2.75) is 44.4 Å². The summed E-state index contributed by atoms with van der Waals surface area (Å²) in [5, 5.41) is 27.6. The lowest BCUT2D eigenvalue weighted by Crippen LogP contribution is -2.58. The predicted octanol–water partition coefficient (Wildman–Crippen LogP) is 2.53. The lowest BCUT2D eigenvalue weighted by Gasteiger charge is -2.31. The van der Waals surface area contributed by atoms with E-state index in [4.69, 9.17) is 16.3 Å². The molecule has 3 rings (SSSR count). The maximum absolute atomic E-state index is 12.4. The molecule has 0 bridgehead atoms. The topological polar surface area (TPSA) is 154 Å². The molecule has 11 heteroatoms. The molecule has 5 N–H and O–H groups in total. The summed E-state index contributed by atoms with van der Waals surface area (Å²) in [7, 11) is 0. The number of ether oxygens (including phenoxy) is 1. The molecule has 1 aromatic rings. The number of carbonyl (C=O) groups excluding carboxylic acids is 2. The molecule has 31 heavy (non-hydrogen) atoms. The predicted molar refractivity (Wildman–Crippen MR) is 110 cm³/mol. The van der Waals surface area contributed by atoms with Gasteiger partial charge in [-0.15, -0.1) is 0 Å². The van der Waals surface area contributed by atoms with Crippen molar-refractivity contribution in [2.24, 2.45) is 17.8 Å². The Bertz CT molecular complexity index is 914. The smallest absolute Gasteiger partial charge is 0.408 e. The number of halogens is 1. The van der Waals surface area contributed by atoms with E-state index >= 15 is 0 Å². The summed E-state index contributed by atoms with van der Waals surface area (Å²) in [5.41, 5.74) is -2.28. The molecule has 0 aliphatic heterocycles. The molecule has 2 aliphatic rings. The molecule has 0 radical (unpaired) electrons. The van der Waals surface area contributed by atoms with Crippen molar-refractivity contribution in [3.05, 3.63) is 29.3 Å². The van der Waals surface area contributed by atoms with E-state index in [1.807, 2.05) is 0 Å². The van der Waals surface area contributed by atoms with E-state index in [0.29, 0.717) is 10.7 Å². The highest BCUT2D eigenvalue weighted by Crippen LogP contribution is 2.62. The summed E-state index contributed by atoms with van der Waals surface area (Å²) < 4.78 is 5.17. The molecular weight excluding hydrogens is 430 g/mol. The molecule has 2 saturated carbocycles. The molecule has 10 nitrogen and oxygen atoms in total. The van der Waals surface area contributed by atoms with Gasteiger partial charge < -0.3 is 30.9 Å². The average molecular weight is 454 g/mol. The van der Waals surface area contributed by atoms with Gasteiger partial charge in [-0.3, -0.25) is 4.79 Å². The van der Waals surface area contributed by atoms with Crippen LogP contribution in [0.15, 0.2) is 24.3 Å². The first kappa shape index (κ1) is 22.7. The SMILES string of the molecule is CC(C)(C)OC(=O)NC1(C(=O)O)CC(NC(=O)Nc2ccc(Cl)cc2)C2C(C(=O)O)C21. The van der Waals surface area contributed by atoms with Crippen LogP contribution in [-0.2, 0) is 14.3 Å². The van der Waals surface area contributed by atoms with E-state index in [2.05, 4.69) is 16.0 Å². The van der Waals surface area contributed by atoms with Gasteiger partial charge in [-0.25, -0.2) is 14.4 Å². The number of carbonyl (C=O) groups is 4. The van der Waals surface area contributed by atoms with Gasteiger partial charge in [0, 0.05) is 29.1 Å². The Labute approximate surface area is 183 Å². The van der Waals surface area contributed by atoms with Crippen LogP contribution in [0.5, 0.6) is 0 Å². The van der Waals surface area contributed by atoms with Crippen LogP contribution < -0.4 is 16.0 Å². The van der Waals surface area contributed by atoms with Crippen LogP contribution in [0.1, 0.15) is 27.2 Å². The third-order valence-electron chi connectivity index (χ3n) is 5.46. The minimum Gasteiger partial charge on any atom is -0.481 e. The molecule has 0 aromatic heterocycles. The Morgan fingerprint density at radius 2 is 1.74 bits per heavy atom. The maximum atomic E-state index is 12.4. The molecule has 0 spiro atoms. The summed E-state index contributed by atoms with van der Waals surface area (Å²) in [4.78, 5) is 48.6. The van der Waals surface area contributed by atoms with Gasteiger partial charge in [-0.1, -0.05) is 11.6 Å². The second-order valence-electron chi connectivity index (χ2n) is 8.79. The van der Waals surface area contributed by atoms with Crippen molar-refractivity contribution < 1.29 is 34.1 Å². The fourth-order valence-electron chi connectivity index (χ4n) is 4.33. The fourth-order valence-corrected chi connectivity index (χ4v) is 4.45. The lowest BCUT2D eigenvalue weighted by atomic mass is 9.89. The van der Waals surface area contributed by atoms with Gasteiger partial charge >= 0.3 is 24.1 Å². The zero-order valence-electron chi connectivity index (χ0n) is 17.1. The first-order valence-corrected chi connectivity index (χ1v) is 10.0. The number of urea groups is 1. The number of carboxylic acids is 2. The summed E-state index contributed by atoms with van der Waals surface area (Å²) in [6, 6.07) is 4.95. The van der Waals surface area contributed by atoms with Gasteiger partial charge in [0.05, 0.1) is 5.92 Å². The van der Waals surface area contributed by atoms with Crippen molar-refractivity contribution in [3.63, 3.8) is 0 Å². The highest BCUT2D eigenvalue weighted by atomic mass is 35.5. The monoisotopic (exact) mass is 453 g/mol. The number of fused-ring (bicyclic) bond motifs is 1. The van der Waals surface area contributed by atoms with Crippen molar-refractivity contribution >= 4 is 41.4 Å². The summed E-state index contributed by atoms with van der Waals surface area (Å²) in [6.07, 6.45) is -1.13. The number of aliphatic carboxylic acids is 2. The standard InChI is InChI=1S/C20H24ClN3O7/c1-19(2,3)31-18(30)24-20(16(27)28)8-11(12-13(14(12)20)15(25)26)23-17(29)22-10-6-4-9(21)5-7-10/h4-7,11-14H,8H2,1-3H3,(H,24,30)(H,25,26)(H,27,28)(H2,22,23,29). The van der Waals surface area contributed by atoms with Crippen molar-refractivity contribution in [3.8, 4) is 0 Å². The number of nitrogens with one attached hydrogen (secondary N) is 3. The second kappa shape index (κ2) is 7.92. The molecule has 0 saturated heterocycles. The third kappa shape index (κ3) is 4.68. The number of rotatable bonds is 5. The van der Waals surface area contributed by atoms with Crippen molar-refractivity contribution in [2.75, 3.05) is 5.32 Å². The van der Waals surface area contributed by atoms with Gasteiger partial charge in [-0.05, 0) is 51.0 Å². The van der Waals surface area contributed by atoms with Crippen molar-refractivity contribution in [1.29, 1.82) is 0 Å². The van der Waals surface area contributed by atoms with E-state index < -0.39 is 59.0 Å². The summed E-state index contributed by atoms with van der Waals surface area (Å²) >= 11 is 5.81. The minimum atomic E-state index is -1.87. The molecule has 2 fully saturated rings. The number of hydrogen-bond acceptors (Lipinski definition) is 5. The van der Waals surface area contributed by atoms with Crippen LogP contribution in [0.4, 0.5) is 15.3 Å². The van der Waals surface area contributed by atoms with Crippen LogP contribution in [0.2, 0.25) is 5.02 Å². The van der Waals surface area contributed by atoms with Gasteiger partial charge in [-0.2, -0.15) is 0 Å². The van der Waals surface area contributed by atoms with E-state index in [9.17, 15) is 29.4 Å². The van der Waals surface area contributed by atoms with E-state index in [1.165, 1.54) is 0 Å². The quantitative estimate of drug-likeness (QED) is 0.458. The maximum Gasteiger partial charge on any atom is 0.408 e. The zero-order valence-corrected chi connectivity index (χ0v) is 17.9. The number of alkyl carbamates (subject to hydrolysis) is 1. The van der Waals surface area contributed by atoms with Crippen LogP contribution >= 0.6 is 11.6 Å². The highest BCUT2D eigenvalue weighted by Gasteiger charge is 2.76. The van der Waals surface area contributed by atoms with Gasteiger partial charge in [0.15, 0.2) is 0 Å². The molecule has 5 atom stereocenters. The Morgan fingerprint density at radius 3 is 2.26 bits per heavy atom. The van der Waals surface area contributed by atoms with Gasteiger partial charge in [0.25, 0.3) is 0 Å². The van der Waals surface area contributed by atoms with Crippen LogP contribution in [0.3, 0.4) is 0 Å². The molecule has 5 unspecified atom stereocenters. The first-order valence-electron chi connectivity index (χ1n) is 9.64. The lowest BCUT2D eigenvalue weighted by molar-refractivity contribution is -0.147. The van der Waals surface area contributed by atoms with E-state index in [0.717, 1.165) is 0 Å². The van der Waals surface area contributed by atoms with Crippen LogP contribution in [-0.4, -0.2) is 51.5 Å². The Kier molecular flexibility index (Phi) is 5.79. The Hall–Kier alpha value is -3.01. The van der Waals surface area contributed by atoms with E-state index in [1.54, 1.807) is 45.0 Å². The molecule has 3 amide bonds. The van der Waals surface area contributed by atoms with Gasteiger partial charge in [0.1, 0.15) is 11.1 Å². The number of anilines is 1. The average Bonchev–Trinajstić information content (AvgIpc) is 3.30. The zero-order chi connectivity index (χ0) is 23.1. The largest absolute Gasteiger partial charge is 0.481 e. The summed E-state index contributed by atoms with van der Waals surface area (Å²) in [5.74, 6) is -5.09. The molecule has 1 aromatic carbocycles. The Balaban J connectivity index is 1.77. The van der Waals surface area contributed by atoms with Gasteiger partial charge in [0.2, 0.25) is 0 Å². The van der Waals surface area contributed by atoms with E-state index in [-0.39, 0.29) is 6.42 Å². The number of benzene rings is 1. The minimum absolute atomic E-state index is 0.172. The third-order valence-corrected chi connectivity index (χ3v) is 5.71. The number of hydrogen-bond donors (Lipinski definition) is 5. The fraction of sp³-hybridized carbons (Fsp3) is 0.500. The van der Waals surface area contributed by atoms with Crippen molar-refractivity contribution in [1.82, 2.24) is 10.6 Å². The molecule has 168 valence electrons. The molecular formula is C20H24ClN3O7. The number of carboxylic acid groups (broad SMARTS) is 2. The van der Waals surface area contributed by atoms with Crippen LogP contribution in [0, 0.1) is 17.8 Å². The molecule has 0 heterocycles. The first-order chi connectivity index (χ1) is 14.3. The Morgan fingerprint density at radius 1 is 1.13 bits per heavy atom. The highest BCUT2D eigenvalue weighted by molar-refractivity contribution is 6.30. The second-order valence-corrected chi connectivity index (χ2v) is 9.22.